The van der Waals surface area contributed by atoms with Crippen molar-refractivity contribution in [3.05, 3.63) is 30.3 Å². The third-order valence-electron chi connectivity index (χ3n) is 4.41. The minimum atomic E-state index is 0.0466. The Morgan fingerprint density at radius 3 is 2.52 bits per heavy atom. The molecule has 2 saturated heterocycles. The number of benzene rings is 1. The Hall–Kier alpha value is -1.55. The van der Waals surface area contributed by atoms with E-state index < -0.39 is 0 Å². The van der Waals surface area contributed by atoms with Crippen LogP contribution in [0.5, 0.6) is 5.75 Å². The van der Waals surface area contributed by atoms with E-state index in [-0.39, 0.29) is 18.1 Å². The molecule has 0 saturated carbocycles. The lowest BCUT2D eigenvalue weighted by Gasteiger charge is -2.35. The molecule has 2 aliphatic rings. The highest BCUT2D eigenvalue weighted by Crippen LogP contribution is 2.20. The van der Waals surface area contributed by atoms with E-state index in [1.807, 2.05) is 35.2 Å². The highest BCUT2D eigenvalue weighted by atomic mass is 16.5. The maximum absolute atomic E-state index is 12.4. The fourth-order valence-corrected chi connectivity index (χ4v) is 3.17. The topological polar surface area (TPSA) is 41.6 Å². The van der Waals surface area contributed by atoms with Crippen molar-refractivity contribution in [2.24, 2.45) is 0 Å². The minimum Gasteiger partial charge on any atom is -0.490 e. The number of hydrogen-bond acceptors (Lipinski definition) is 3. The van der Waals surface area contributed by atoms with E-state index in [1.165, 1.54) is 6.42 Å². The Bertz CT molecular complexity index is 449. The van der Waals surface area contributed by atoms with E-state index in [0.29, 0.717) is 0 Å². The van der Waals surface area contributed by atoms with E-state index >= 15 is 0 Å². The fourth-order valence-electron chi connectivity index (χ4n) is 3.17. The number of hydrogen-bond donors (Lipinski definition) is 1. The number of carbonyl (C=O) groups is 1. The van der Waals surface area contributed by atoms with Gasteiger partial charge < -0.3 is 15.0 Å². The fraction of sp³-hybridized carbons (Fsp3) is 0.588. The van der Waals surface area contributed by atoms with Gasteiger partial charge in [-0.1, -0.05) is 24.6 Å². The van der Waals surface area contributed by atoms with Crippen LogP contribution in [0.1, 0.15) is 32.1 Å². The number of piperidine rings is 2. The summed E-state index contributed by atoms with van der Waals surface area (Å²) in [6, 6.07) is 9.99. The predicted octanol–water partition coefficient (Wildman–Crippen LogP) is 2.20. The first-order chi connectivity index (χ1) is 10.3. The average molecular weight is 288 g/mol. The molecule has 1 aromatic carbocycles. The highest BCUT2D eigenvalue weighted by molar-refractivity contribution is 5.82. The van der Waals surface area contributed by atoms with Crippen molar-refractivity contribution in [1.82, 2.24) is 10.2 Å². The predicted molar refractivity (Wildman–Crippen MR) is 82.3 cm³/mol. The zero-order valence-electron chi connectivity index (χ0n) is 12.5. The number of para-hydroxylation sites is 1. The molecule has 1 atom stereocenters. The minimum absolute atomic E-state index is 0.0466. The molecule has 4 heteroatoms. The van der Waals surface area contributed by atoms with Crippen molar-refractivity contribution in [2.45, 2.75) is 44.2 Å². The van der Waals surface area contributed by atoms with Crippen molar-refractivity contribution in [2.75, 3.05) is 19.6 Å². The molecule has 0 bridgehead atoms. The Morgan fingerprint density at radius 2 is 1.86 bits per heavy atom. The zero-order valence-corrected chi connectivity index (χ0v) is 12.5. The number of nitrogens with zero attached hydrogens (tertiary/aromatic N) is 1. The summed E-state index contributed by atoms with van der Waals surface area (Å²) in [5, 5.41) is 3.34. The summed E-state index contributed by atoms with van der Waals surface area (Å²) in [6.45, 7) is 2.60. The summed E-state index contributed by atoms with van der Waals surface area (Å²) < 4.78 is 5.98. The summed E-state index contributed by atoms with van der Waals surface area (Å²) in [5.41, 5.74) is 0. The highest BCUT2D eigenvalue weighted by Gasteiger charge is 2.29. The van der Waals surface area contributed by atoms with Crippen LogP contribution in [-0.4, -0.2) is 42.6 Å². The molecule has 0 spiro atoms. The van der Waals surface area contributed by atoms with Gasteiger partial charge in [0.05, 0.1) is 6.04 Å². The Morgan fingerprint density at radius 1 is 1.10 bits per heavy atom. The lowest BCUT2D eigenvalue weighted by Crippen LogP contribution is -2.51. The van der Waals surface area contributed by atoms with Crippen LogP contribution in [0.25, 0.3) is 0 Å². The first-order valence-electron chi connectivity index (χ1n) is 8.07. The van der Waals surface area contributed by atoms with E-state index in [2.05, 4.69) is 5.32 Å². The third-order valence-corrected chi connectivity index (χ3v) is 4.41. The zero-order chi connectivity index (χ0) is 14.5. The van der Waals surface area contributed by atoms with Crippen molar-refractivity contribution in [3.8, 4) is 5.75 Å². The molecule has 21 heavy (non-hydrogen) atoms. The standard InChI is InChI=1S/C17H24N2O2/c20-17(16-8-4-5-11-18-16)19-12-9-15(10-13-19)21-14-6-2-1-3-7-14/h1-3,6-7,15-16,18H,4-5,8-13H2/t16-/m1/s1. The molecule has 1 aromatic rings. The van der Waals surface area contributed by atoms with Crippen LogP contribution >= 0.6 is 0 Å². The average Bonchev–Trinajstić information content (AvgIpc) is 2.57. The van der Waals surface area contributed by atoms with Gasteiger partial charge in [0.1, 0.15) is 11.9 Å². The summed E-state index contributed by atoms with van der Waals surface area (Å²) in [5.74, 6) is 1.21. The summed E-state index contributed by atoms with van der Waals surface area (Å²) in [6.07, 6.45) is 5.42. The number of likely N-dealkylation sites (tertiary alicyclic amines) is 1. The van der Waals surface area contributed by atoms with Crippen LogP contribution in [0.3, 0.4) is 0 Å². The van der Waals surface area contributed by atoms with E-state index in [9.17, 15) is 4.79 Å². The molecule has 2 aliphatic heterocycles. The second kappa shape index (κ2) is 6.94. The Balaban J connectivity index is 1.47. The number of nitrogens with one attached hydrogen (secondary N) is 1. The van der Waals surface area contributed by atoms with Gasteiger partial charge in [-0.15, -0.1) is 0 Å². The second-order valence-electron chi connectivity index (χ2n) is 5.96. The molecule has 1 N–H and O–H groups in total. The van der Waals surface area contributed by atoms with E-state index in [1.54, 1.807) is 0 Å². The molecular weight excluding hydrogens is 264 g/mol. The van der Waals surface area contributed by atoms with Gasteiger partial charge in [0.25, 0.3) is 0 Å². The maximum atomic E-state index is 12.4. The lowest BCUT2D eigenvalue weighted by atomic mass is 10.0. The molecule has 0 aromatic heterocycles. The van der Waals surface area contributed by atoms with Crippen LogP contribution in [-0.2, 0) is 4.79 Å². The molecule has 2 fully saturated rings. The van der Waals surface area contributed by atoms with Gasteiger partial charge in [-0.2, -0.15) is 0 Å². The van der Waals surface area contributed by atoms with Crippen molar-refractivity contribution >= 4 is 5.91 Å². The Labute approximate surface area is 126 Å². The molecule has 1 amide bonds. The second-order valence-corrected chi connectivity index (χ2v) is 5.96. The maximum Gasteiger partial charge on any atom is 0.239 e. The number of ether oxygens (including phenoxy) is 1. The normalized spacial score (nSPS) is 23.8. The van der Waals surface area contributed by atoms with Crippen LogP contribution < -0.4 is 10.1 Å². The Kier molecular flexibility index (Phi) is 4.76. The van der Waals surface area contributed by atoms with Gasteiger partial charge in [0, 0.05) is 25.9 Å². The van der Waals surface area contributed by atoms with Crippen LogP contribution in [0.15, 0.2) is 30.3 Å². The van der Waals surface area contributed by atoms with Crippen molar-refractivity contribution in [1.29, 1.82) is 0 Å². The number of amides is 1. The molecule has 114 valence electrons. The molecule has 4 nitrogen and oxygen atoms in total. The molecule has 3 rings (SSSR count). The quantitative estimate of drug-likeness (QED) is 0.927. The summed E-state index contributed by atoms with van der Waals surface area (Å²) >= 11 is 0. The van der Waals surface area contributed by atoms with Gasteiger partial charge in [0.2, 0.25) is 5.91 Å². The van der Waals surface area contributed by atoms with Gasteiger partial charge in [0.15, 0.2) is 0 Å². The van der Waals surface area contributed by atoms with E-state index in [0.717, 1.165) is 51.1 Å². The van der Waals surface area contributed by atoms with Gasteiger partial charge in [-0.3, -0.25) is 4.79 Å². The third kappa shape index (κ3) is 3.76. The van der Waals surface area contributed by atoms with Gasteiger partial charge in [-0.05, 0) is 31.5 Å². The van der Waals surface area contributed by atoms with Crippen LogP contribution in [0.2, 0.25) is 0 Å². The van der Waals surface area contributed by atoms with Crippen molar-refractivity contribution < 1.29 is 9.53 Å². The van der Waals surface area contributed by atoms with Gasteiger partial charge >= 0.3 is 0 Å². The monoisotopic (exact) mass is 288 g/mol. The number of rotatable bonds is 3. The molecule has 0 aliphatic carbocycles. The summed E-state index contributed by atoms with van der Waals surface area (Å²) in [4.78, 5) is 14.4. The SMILES string of the molecule is O=C([C@H]1CCCCN1)N1CCC(Oc2ccccc2)CC1. The smallest absolute Gasteiger partial charge is 0.239 e. The molecule has 0 radical (unpaired) electrons. The van der Waals surface area contributed by atoms with Crippen LogP contribution in [0.4, 0.5) is 0 Å². The van der Waals surface area contributed by atoms with Crippen molar-refractivity contribution in [3.63, 3.8) is 0 Å². The molecule has 2 heterocycles. The molecular formula is C17H24N2O2. The van der Waals surface area contributed by atoms with Gasteiger partial charge in [-0.25, -0.2) is 0 Å². The first-order valence-corrected chi connectivity index (χ1v) is 8.07. The molecule has 0 unspecified atom stereocenters. The first kappa shape index (κ1) is 14.4. The van der Waals surface area contributed by atoms with E-state index in [4.69, 9.17) is 4.74 Å². The number of carbonyl (C=O) groups excluding carboxylic acids is 1. The summed E-state index contributed by atoms with van der Waals surface area (Å²) in [7, 11) is 0. The largest absolute Gasteiger partial charge is 0.490 e. The lowest BCUT2D eigenvalue weighted by molar-refractivity contribution is -0.135. The van der Waals surface area contributed by atoms with Crippen LogP contribution in [0, 0.1) is 0 Å².